The molecule has 11 heteroatoms. The van der Waals surface area contributed by atoms with Crippen molar-refractivity contribution in [3.8, 4) is 17.1 Å². The topological polar surface area (TPSA) is 109 Å². The first-order valence-corrected chi connectivity index (χ1v) is 9.98. The Bertz CT molecular complexity index is 1250. The van der Waals surface area contributed by atoms with Crippen LogP contribution in [0.1, 0.15) is 5.56 Å². The largest absolute Gasteiger partial charge is 0.508 e. The van der Waals surface area contributed by atoms with Gasteiger partial charge < -0.3 is 10.4 Å². The molecule has 160 valence electrons. The van der Waals surface area contributed by atoms with E-state index in [0.29, 0.717) is 10.8 Å². The van der Waals surface area contributed by atoms with Crippen LogP contribution in [0.25, 0.3) is 11.4 Å². The number of nitrogens with one attached hydrogen (secondary N) is 1. The number of halogens is 3. The van der Waals surface area contributed by atoms with Gasteiger partial charge in [0.2, 0.25) is 5.95 Å². The van der Waals surface area contributed by atoms with Crippen LogP contribution in [-0.2, 0) is 6.54 Å². The quantitative estimate of drug-likeness (QED) is 0.260. The number of hydrogen-bond donors (Lipinski definition) is 2. The highest BCUT2D eigenvalue weighted by molar-refractivity contribution is 6.33. The zero-order chi connectivity index (χ0) is 22.5. The summed E-state index contributed by atoms with van der Waals surface area (Å²) in [5, 5.41) is 20.9. The Morgan fingerprint density at radius 2 is 1.78 bits per heavy atom. The standard InChI is InChI=1S/C21H14Cl2FN7O/c22-15-2-1-3-16(24)18(15)19-28-20(27-13-6-9-17(23)25-11-13)30-21(29-19)31-26-10-12-4-7-14(32)8-5-12/h1-9,11,32H,10H2,(H,27,28,29,30). The molecule has 0 bridgehead atoms. The summed E-state index contributed by atoms with van der Waals surface area (Å²) in [6.45, 7) is 0.228. The lowest BCUT2D eigenvalue weighted by molar-refractivity contribution is 0.475. The van der Waals surface area contributed by atoms with Crippen LogP contribution in [0.5, 0.6) is 5.75 Å². The molecule has 0 saturated carbocycles. The zero-order valence-electron chi connectivity index (χ0n) is 16.2. The van der Waals surface area contributed by atoms with Crippen molar-refractivity contribution in [2.45, 2.75) is 6.54 Å². The first-order chi connectivity index (χ1) is 15.5. The van der Waals surface area contributed by atoms with Crippen molar-refractivity contribution >= 4 is 40.8 Å². The van der Waals surface area contributed by atoms with Crippen LogP contribution in [0.3, 0.4) is 0 Å². The van der Waals surface area contributed by atoms with Crippen LogP contribution in [0, 0.1) is 5.82 Å². The molecule has 2 heterocycles. The Morgan fingerprint density at radius 3 is 2.50 bits per heavy atom. The van der Waals surface area contributed by atoms with Crippen molar-refractivity contribution in [3.05, 3.63) is 82.4 Å². The van der Waals surface area contributed by atoms with Gasteiger partial charge in [0.05, 0.1) is 29.0 Å². The van der Waals surface area contributed by atoms with E-state index in [1.165, 1.54) is 24.4 Å². The number of hydrogen-bond acceptors (Lipinski definition) is 8. The van der Waals surface area contributed by atoms with E-state index in [0.717, 1.165) is 5.56 Å². The van der Waals surface area contributed by atoms with E-state index in [9.17, 15) is 9.50 Å². The van der Waals surface area contributed by atoms with Crippen LogP contribution in [0.4, 0.5) is 22.0 Å². The van der Waals surface area contributed by atoms with Crippen molar-refractivity contribution in [2.24, 2.45) is 10.2 Å². The van der Waals surface area contributed by atoms with Gasteiger partial charge in [-0.2, -0.15) is 20.1 Å². The van der Waals surface area contributed by atoms with Crippen LogP contribution in [0.15, 0.2) is 71.0 Å². The van der Waals surface area contributed by atoms with E-state index in [4.69, 9.17) is 23.2 Å². The highest BCUT2D eigenvalue weighted by Crippen LogP contribution is 2.30. The van der Waals surface area contributed by atoms with E-state index in [2.05, 4.69) is 35.5 Å². The molecule has 2 aromatic carbocycles. The third-order valence-electron chi connectivity index (χ3n) is 4.14. The fourth-order valence-electron chi connectivity index (χ4n) is 2.65. The molecule has 8 nitrogen and oxygen atoms in total. The molecule has 32 heavy (non-hydrogen) atoms. The average Bonchev–Trinajstić information content (AvgIpc) is 2.77. The highest BCUT2D eigenvalue weighted by atomic mass is 35.5. The van der Waals surface area contributed by atoms with Crippen molar-refractivity contribution in [3.63, 3.8) is 0 Å². The second kappa shape index (κ2) is 9.63. The Balaban J connectivity index is 1.68. The smallest absolute Gasteiger partial charge is 0.273 e. The molecule has 2 aromatic heterocycles. The average molecular weight is 470 g/mol. The molecule has 0 saturated heterocycles. The van der Waals surface area contributed by atoms with Crippen LogP contribution < -0.4 is 5.32 Å². The number of phenols is 1. The molecule has 0 amide bonds. The summed E-state index contributed by atoms with van der Waals surface area (Å²) in [5.74, 6) is -0.391. The summed E-state index contributed by atoms with van der Waals surface area (Å²) < 4.78 is 14.5. The normalized spacial score (nSPS) is 11.1. The number of azo groups is 1. The van der Waals surface area contributed by atoms with Gasteiger partial charge in [0.1, 0.15) is 16.7 Å². The van der Waals surface area contributed by atoms with Crippen LogP contribution >= 0.6 is 23.2 Å². The number of aromatic nitrogens is 4. The summed E-state index contributed by atoms with van der Waals surface area (Å²) in [5.41, 5.74) is 1.39. The van der Waals surface area contributed by atoms with Crippen molar-refractivity contribution in [2.75, 3.05) is 5.32 Å². The van der Waals surface area contributed by atoms with Crippen LogP contribution in [-0.4, -0.2) is 25.0 Å². The van der Waals surface area contributed by atoms with Crippen molar-refractivity contribution < 1.29 is 9.50 Å². The Morgan fingerprint density at radius 1 is 0.969 bits per heavy atom. The molecule has 0 fully saturated rings. The lowest BCUT2D eigenvalue weighted by Crippen LogP contribution is -2.02. The number of phenolic OH excluding ortho intramolecular Hbond substituents is 1. The van der Waals surface area contributed by atoms with Gasteiger partial charge in [0.25, 0.3) is 5.95 Å². The van der Waals surface area contributed by atoms with Gasteiger partial charge >= 0.3 is 0 Å². The number of pyridine rings is 1. The molecule has 0 unspecified atom stereocenters. The molecule has 0 radical (unpaired) electrons. The van der Waals surface area contributed by atoms with Gasteiger partial charge in [-0.15, -0.1) is 5.11 Å². The maximum Gasteiger partial charge on any atom is 0.273 e. The lowest BCUT2D eigenvalue weighted by atomic mass is 10.2. The number of aromatic hydroxyl groups is 1. The summed E-state index contributed by atoms with van der Waals surface area (Å²) in [6, 6.07) is 14.1. The number of benzene rings is 2. The van der Waals surface area contributed by atoms with Gasteiger partial charge in [-0.05, 0) is 42.0 Å². The predicted molar refractivity (Wildman–Crippen MR) is 119 cm³/mol. The number of anilines is 2. The first-order valence-electron chi connectivity index (χ1n) is 9.22. The zero-order valence-corrected chi connectivity index (χ0v) is 17.8. The van der Waals surface area contributed by atoms with E-state index in [1.807, 2.05) is 0 Å². The third kappa shape index (κ3) is 5.32. The van der Waals surface area contributed by atoms with E-state index < -0.39 is 5.82 Å². The summed E-state index contributed by atoms with van der Waals surface area (Å²) >= 11 is 12.0. The number of rotatable bonds is 6. The molecular formula is C21H14Cl2FN7O. The van der Waals surface area contributed by atoms with Crippen molar-refractivity contribution in [1.29, 1.82) is 0 Å². The third-order valence-corrected chi connectivity index (χ3v) is 4.68. The first kappa shape index (κ1) is 21.5. The fourth-order valence-corrected chi connectivity index (χ4v) is 3.01. The van der Waals surface area contributed by atoms with Crippen LogP contribution in [0.2, 0.25) is 10.2 Å². The molecule has 0 aliphatic carbocycles. The van der Waals surface area contributed by atoms with Gasteiger partial charge in [-0.1, -0.05) is 41.4 Å². The molecule has 2 N–H and O–H groups in total. The Labute approximate surface area is 191 Å². The minimum atomic E-state index is -0.588. The summed E-state index contributed by atoms with van der Waals surface area (Å²) in [6.07, 6.45) is 1.49. The minimum Gasteiger partial charge on any atom is -0.508 e. The SMILES string of the molecule is Oc1ccc(CN=Nc2nc(Nc3ccc(Cl)nc3)nc(-c3c(F)cccc3Cl)n2)cc1. The van der Waals surface area contributed by atoms with E-state index in [-0.39, 0.29) is 40.6 Å². The lowest BCUT2D eigenvalue weighted by Gasteiger charge is -2.09. The highest BCUT2D eigenvalue weighted by Gasteiger charge is 2.16. The monoisotopic (exact) mass is 469 g/mol. The summed E-state index contributed by atoms with van der Waals surface area (Å²) in [4.78, 5) is 16.7. The van der Waals surface area contributed by atoms with Gasteiger partial charge in [0.15, 0.2) is 5.82 Å². The Hall–Kier alpha value is -3.69. The molecule has 4 aromatic rings. The second-order valence-corrected chi connectivity index (χ2v) is 7.23. The maximum atomic E-state index is 14.5. The molecule has 0 atom stereocenters. The Kier molecular flexibility index (Phi) is 6.48. The van der Waals surface area contributed by atoms with E-state index >= 15 is 0 Å². The molecule has 0 spiro atoms. The second-order valence-electron chi connectivity index (χ2n) is 6.44. The molecular weight excluding hydrogens is 456 g/mol. The molecule has 0 aliphatic heterocycles. The number of nitrogens with zero attached hydrogens (tertiary/aromatic N) is 6. The fraction of sp³-hybridized carbons (Fsp3) is 0.0476. The van der Waals surface area contributed by atoms with Gasteiger partial charge in [-0.3, -0.25) is 0 Å². The molecule has 4 rings (SSSR count). The summed E-state index contributed by atoms with van der Waals surface area (Å²) in [7, 11) is 0. The predicted octanol–water partition coefficient (Wildman–Crippen LogP) is 6.11. The van der Waals surface area contributed by atoms with Gasteiger partial charge in [-0.25, -0.2) is 9.37 Å². The maximum absolute atomic E-state index is 14.5. The minimum absolute atomic E-state index is 0.00824. The van der Waals surface area contributed by atoms with E-state index in [1.54, 1.807) is 36.4 Å². The molecule has 0 aliphatic rings. The van der Waals surface area contributed by atoms with Crippen molar-refractivity contribution in [1.82, 2.24) is 19.9 Å². The van der Waals surface area contributed by atoms with Gasteiger partial charge in [0, 0.05) is 0 Å².